The zero-order chi connectivity index (χ0) is 15.2. The highest BCUT2D eigenvalue weighted by Gasteiger charge is 2.33. The van der Waals surface area contributed by atoms with Gasteiger partial charge in [-0.1, -0.05) is 27.2 Å². The van der Waals surface area contributed by atoms with E-state index < -0.39 is 0 Å². The average Bonchev–Trinajstić information content (AvgIpc) is 3.08. The highest BCUT2D eigenvalue weighted by Crippen LogP contribution is 2.31. The topological polar surface area (TPSA) is 70.9 Å². The molecule has 1 heterocycles. The van der Waals surface area contributed by atoms with Gasteiger partial charge < -0.3 is 5.32 Å². The molecule has 1 N–H and O–H groups in total. The minimum Gasteiger partial charge on any atom is -0.356 e. The molecule has 0 aromatic rings. The molecule has 0 unspecified atom stereocenters. The molecular weight excluding hydrogens is 254 g/mol. The van der Waals surface area contributed by atoms with Crippen molar-refractivity contribution in [1.29, 1.82) is 0 Å². The number of hydrogen-bond donors (Lipinski definition) is 1. The second kappa shape index (κ2) is 6.95. The smallest absolute Gasteiger partial charge is 0.220 e. The van der Waals surface area contributed by atoms with E-state index in [0.717, 1.165) is 19.3 Å². The van der Waals surface area contributed by atoms with Crippen molar-refractivity contribution >= 4 is 11.7 Å². The van der Waals surface area contributed by atoms with Gasteiger partial charge in [0.25, 0.3) is 0 Å². The molecule has 1 aliphatic rings. The second-order valence-electron chi connectivity index (χ2n) is 6.75. The molecule has 5 heteroatoms. The van der Waals surface area contributed by atoms with Gasteiger partial charge in [-0.2, -0.15) is 10.2 Å². The molecule has 1 amide bonds. The summed E-state index contributed by atoms with van der Waals surface area (Å²) >= 11 is 0. The van der Waals surface area contributed by atoms with Gasteiger partial charge in [-0.3, -0.25) is 9.59 Å². The number of carbonyl (C=O) groups excluding carboxylic acids is 2. The van der Waals surface area contributed by atoms with Gasteiger partial charge >= 0.3 is 0 Å². The van der Waals surface area contributed by atoms with Gasteiger partial charge in [0, 0.05) is 31.2 Å². The Morgan fingerprint density at radius 1 is 1.05 bits per heavy atom. The molecule has 1 rings (SSSR count). The molecule has 5 nitrogen and oxygen atoms in total. The lowest BCUT2D eigenvalue weighted by Crippen LogP contribution is -2.25. The van der Waals surface area contributed by atoms with Crippen LogP contribution in [0.5, 0.6) is 0 Å². The van der Waals surface area contributed by atoms with Crippen LogP contribution in [0.2, 0.25) is 0 Å². The lowest BCUT2D eigenvalue weighted by molar-refractivity contribution is -0.126. The van der Waals surface area contributed by atoms with E-state index >= 15 is 0 Å². The monoisotopic (exact) mass is 281 g/mol. The fourth-order valence-electron chi connectivity index (χ4n) is 1.81. The molecule has 0 atom stereocenters. The van der Waals surface area contributed by atoms with E-state index in [1.807, 2.05) is 27.7 Å². The number of nitrogens with zero attached hydrogens (tertiary/aromatic N) is 2. The van der Waals surface area contributed by atoms with Gasteiger partial charge in [0.05, 0.1) is 0 Å². The van der Waals surface area contributed by atoms with Crippen LogP contribution in [0.1, 0.15) is 66.2 Å². The van der Waals surface area contributed by atoms with Crippen LogP contribution in [-0.4, -0.2) is 23.9 Å². The maximum atomic E-state index is 11.7. The predicted octanol–water partition coefficient (Wildman–Crippen LogP) is 3.24. The number of rotatable bonds is 9. The molecule has 0 aromatic carbocycles. The number of Topliss-reactive ketones (excluding diaryl/α,β-unsaturated/α-hetero) is 1. The Balaban J connectivity index is 1.94. The fourth-order valence-corrected chi connectivity index (χ4v) is 1.81. The summed E-state index contributed by atoms with van der Waals surface area (Å²) in [5, 5.41) is 10.6. The van der Waals surface area contributed by atoms with Crippen molar-refractivity contribution < 1.29 is 9.59 Å². The van der Waals surface area contributed by atoms with Crippen molar-refractivity contribution in [3.63, 3.8) is 0 Å². The first-order valence-corrected chi connectivity index (χ1v) is 7.47. The van der Waals surface area contributed by atoms with Crippen molar-refractivity contribution in [2.24, 2.45) is 15.6 Å². The largest absolute Gasteiger partial charge is 0.356 e. The number of carbonyl (C=O) groups is 2. The molecule has 0 aliphatic carbocycles. The van der Waals surface area contributed by atoms with Gasteiger partial charge in [-0.05, 0) is 19.8 Å². The SMILES string of the molecule is CC1(CCC(=O)NCCCCCC(=O)C(C)(C)C)N=N1. The van der Waals surface area contributed by atoms with Crippen LogP contribution in [0, 0.1) is 5.41 Å². The van der Waals surface area contributed by atoms with Crippen molar-refractivity contribution in [2.75, 3.05) is 6.54 Å². The average molecular weight is 281 g/mol. The Kier molecular flexibility index (Phi) is 5.84. The van der Waals surface area contributed by atoms with E-state index in [1.165, 1.54) is 0 Å². The van der Waals surface area contributed by atoms with Crippen LogP contribution in [0.25, 0.3) is 0 Å². The van der Waals surface area contributed by atoms with E-state index in [1.54, 1.807) is 0 Å². The van der Waals surface area contributed by atoms with Crippen LogP contribution in [0.3, 0.4) is 0 Å². The van der Waals surface area contributed by atoms with Gasteiger partial charge in [0.15, 0.2) is 5.66 Å². The summed E-state index contributed by atoms with van der Waals surface area (Å²) in [5.74, 6) is 0.376. The Morgan fingerprint density at radius 3 is 2.25 bits per heavy atom. The Hall–Kier alpha value is -1.26. The third-order valence-electron chi connectivity index (χ3n) is 3.51. The van der Waals surface area contributed by atoms with Crippen LogP contribution in [0.15, 0.2) is 10.2 Å². The molecule has 0 saturated carbocycles. The molecule has 0 spiro atoms. The van der Waals surface area contributed by atoms with Gasteiger partial charge in [-0.25, -0.2) is 0 Å². The van der Waals surface area contributed by atoms with Crippen LogP contribution in [-0.2, 0) is 9.59 Å². The van der Waals surface area contributed by atoms with E-state index in [-0.39, 0.29) is 17.0 Å². The van der Waals surface area contributed by atoms with Crippen LogP contribution in [0.4, 0.5) is 0 Å². The van der Waals surface area contributed by atoms with E-state index in [0.29, 0.717) is 31.6 Å². The Bertz CT molecular complexity index is 377. The van der Waals surface area contributed by atoms with Crippen LogP contribution >= 0.6 is 0 Å². The molecule has 0 fully saturated rings. The molecule has 0 aromatic heterocycles. The summed E-state index contributed by atoms with van der Waals surface area (Å²) < 4.78 is 0. The molecule has 0 radical (unpaired) electrons. The summed E-state index contributed by atoms with van der Waals surface area (Å²) in [7, 11) is 0. The highest BCUT2D eigenvalue weighted by atomic mass is 16.1. The van der Waals surface area contributed by atoms with E-state index in [4.69, 9.17) is 0 Å². The number of unbranched alkanes of at least 4 members (excludes halogenated alkanes) is 2. The molecule has 0 saturated heterocycles. The normalized spacial score (nSPS) is 16.0. The lowest BCUT2D eigenvalue weighted by Gasteiger charge is -2.16. The Labute approximate surface area is 121 Å². The maximum Gasteiger partial charge on any atom is 0.220 e. The fraction of sp³-hybridized carbons (Fsp3) is 0.867. The van der Waals surface area contributed by atoms with Crippen LogP contribution < -0.4 is 5.32 Å². The maximum absolute atomic E-state index is 11.7. The minimum absolute atomic E-state index is 0.0642. The third kappa shape index (κ3) is 6.78. The van der Waals surface area contributed by atoms with Crippen molar-refractivity contribution in [2.45, 2.75) is 71.9 Å². The zero-order valence-electron chi connectivity index (χ0n) is 13.2. The number of hydrogen-bond acceptors (Lipinski definition) is 4. The zero-order valence-corrected chi connectivity index (χ0v) is 13.2. The number of nitrogens with one attached hydrogen (secondary N) is 1. The predicted molar refractivity (Wildman–Crippen MR) is 78.4 cm³/mol. The minimum atomic E-state index is -0.287. The molecule has 20 heavy (non-hydrogen) atoms. The second-order valence-corrected chi connectivity index (χ2v) is 6.75. The third-order valence-corrected chi connectivity index (χ3v) is 3.51. The number of ketones is 1. The van der Waals surface area contributed by atoms with E-state index in [2.05, 4.69) is 15.5 Å². The Morgan fingerprint density at radius 2 is 1.70 bits per heavy atom. The summed E-state index contributed by atoms with van der Waals surface area (Å²) in [5.41, 5.74) is -0.520. The van der Waals surface area contributed by atoms with Gasteiger partial charge in [-0.15, -0.1) is 0 Å². The summed E-state index contributed by atoms with van der Waals surface area (Å²) in [6, 6.07) is 0. The highest BCUT2D eigenvalue weighted by molar-refractivity contribution is 5.83. The number of amides is 1. The van der Waals surface area contributed by atoms with E-state index in [9.17, 15) is 9.59 Å². The first-order chi connectivity index (χ1) is 9.23. The van der Waals surface area contributed by atoms with Crippen molar-refractivity contribution in [3.05, 3.63) is 0 Å². The molecular formula is C15H27N3O2. The molecule has 0 bridgehead atoms. The summed E-state index contributed by atoms with van der Waals surface area (Å²) in [6.45, 7) is 8.47. The standard InChI is InChI=1S/C15H27N3O2/c1-14(2,3)12(19)8-6-5-7-11-16-13(20)9-10-15(4)17-18-15/h5-11H2,1-4H3,(H,16,20). The summed E-state index contributed by atoms with van der Waals surface area (Å²) in [6.07, 6.45) is 4.62. The summed E-state index contributed by atoms with van der Waals surface area (Å²) in [4.78, 5) is 23.2. The van der Waals surface area contributed by atoms with Gasteiger partial charge in [0.1, 0.15) is 5.78 Å². The first kappa shape index (κ1) is 16.8. The van der Waals surface area contributed by atoms with Crippen molar-refractivity contribution in [1.82, 2.24) is 5.32 Å². The first-order valence-electron chi connectivity index (χ1n) is 7.47. The molecule has 114 valence electrons. The van der Waals surface area contributed by atoms with Gasteiger partial charge in [0.2, 0.25) is 5.91 Å². The lowest BCUT2D eigenvalue weighted by atomic mass is 9.88. The van der Waals surface area contributed by atoms with Crippen molar-refractivity contribution in [3.8, 4) is 0 Å². The molecule has 1 aliphatic heterocycles. The quantitative estimate of drug-likeness (QED) is 0.659.